The van der Waals surface area contributed by atoms with Crippen LogP contribution in [0.1, 0.15) is 81.9 Å². The second kappa shape index (κ2) is 6.58. The number of rotatable bonds is 6. The Kier molecular flexibility index (Phi) is 4.27. The zero-order valence-corrected chi connectivity index (χ0v) is 16.9. The van der Waals surface area contributed by atoms with E-state index in [0.29, 0.717) is 18.4 Å². The Morgan fingerprint density at radius 3 is 2.82 bits per heavy atom. The molecule has 2 aliphatic carbocycles. The van der Waals surface area contributed by atoms with Crippen molar-refractivity contribution in [1.29, 1.82) is 0 Å². The van der Waals surface area contributed by atoms with E-state index in [0.717, 1.165) is 36.9 Å². The summed E-state index contributed by atoms with van der Waals surface area (Å²) in [6, 6.07) is 7.00. The van der Waals surface area contributed by atoms with Crippen molar-refractivity contribution in [1.82, 2.24) is 15.1 Å². The van der Waals surface area contributed by atoms with Gasteiger partial charge in [0, 0.05) is 42.1 Å². The predicted octanol–water partition coefficient (Wildman–Crippen LogP) is 4.09. The molecular formula is C23H31N3O2. The molecule has 1 aromatic carbocycles. The molecule has 4 aliphatic rings. The minimum absolute atomic E-state index is 0.0898. The van der Waals surface area contributed by atoms with E-state index in [-0.39, 0.29) is 29.9 Å². The van der Waals surface area contributed by atoms with Gasteiger partial charge in [0.2, 0.25) is 5.91 Å². The van der Waals surface area contributed by atoms with Crippen molar-refractivity contribution in [2.75, 3.05) is 6.61 Å². The van der Waals surface area contributed by atoms with E-state index in [1.165, 1.54) is 23.8 Å². The predicted molar refractivity (Wildman–Crippen MR) is 109 cm³/mol. The molecule has 5 nitrogen and oxygen atoms in total. The summed E-state index contributed by atoms with van der Waals surface area (Å²) in [7, 11) is 0. The first kappa shape index (κ1) is 18.2. The van der Waals surface area contributed by atoms with Crippen LogP contribution in [0, 0.1) is 5.41 Å². The number of hydrogen-bond donors (Lipinski definition) is 2. The summed E-state index contributed by atoms with van der Waals surface area (Å²) in [4.78, 5) is 15.5. The van der Waals surface area contributed by atoms with Crippen molar-refractivity contribution in [2.45, 2.75) is 82.7 Å². The Morgan fingerprint density at radius 1 is 1.36 bits per heavy atom. The number of benzene rings is 1. The van der Waals surface area contributed by atoms with Gasteiger partial charge in [0.1, 0.15) is 0 Å². The van der Waals surface area contributed by atoms with Crippen LogP contribution < -0.4 is 0 Å². The summed E-state index contributed by atoms with van der Waals surface area (Å²) >= 11 is 0. The summed E-state index contributed by atoms with van der Waals surface area (Å²) in [5, 5.41) is 18.8. The number of aromatic nitrogens is 2. The van der Waals surface area contributed by atoms with Gasteiger partial charge in [-0.3, -0.25) is 9.89 Å². The normalized spacial score (nSPS) is 30.3. The largest absolute Gasteiger partial charge is 0.396 e. The molecule has 0 radical (unpaired) electrons. The average Bonchev–Trinajstić information content (AvgIpc) is 3.44. The number of aliphatic hydroxyl groups excluding tert-OH is 1. The zero-order valence-electron chi connectivity index (χ0n) is 16.9. The van der Waals surface area contributed by atoms with Gasteiger partial charge in [0.25, 0.3) is 0 Å². The summed E-state index contributed by atoms with van der Waals surface area (Å²) < 4.78 is 0. The Morgan fingerprint density at radius 2 is 2.14 bits per heavy atom. The van der Waals surface area contributed by atoms with Crippen molar-refractivity contribution < 1.29 is 9.90 Å². The Bertz CT molecular complexity index is 894. The van der Waals surface area contributed by atoms with Gasteiger partial charge in [-0.1, -0.05) is 26.0 Å². The second-order valence-corrected chi connectivity index (χ2v) is 9.55. The van der Waals surface area contributed by atoms with Crippen LogP contribution in [0.2, 0.25) is 0 Å². The molecule has 150 valence electrons. The SMILES string of the molecule is CCC1CC2(CO)CC(C2)N1C(=O)CC(C)c1[nH]nc2cccc(C3CC3)c12. The minimum atomic E-state index is 0.0898. The van der Waals surface area contributed by atoms with E-state index in [9.17, 15) is 9.90 Å². The van der Waals surface area contributed by atoms with E-state index in [1.807, 2.05) is 0 Å². The molecule has 2 bridgehead atoms. The molecule has 2 unspecified atom stereocenters. The molecule has 2 saturated heterocycles. The molecule has 6 rings (SSSR count). The highest BCUT2D eigenvalue weighted by Gasteiger charge is 2.54. The number of nitrogens with one attached hydrogen (secondary N) is 1. The van der Waals surface area contributed by atoms with E-state index < -0.39 is 0 Å². The van der Waals surface area contributed by atoms with Crippen LogP contribution in [0.15, 0.2) is 18.2 Å². The number of aromatic amines is 1. The van der Waals surface area contributed by atoms with Gasteiger partial charge in [-0.2, -0.15) is 5.10 Å². The molecule has 28 heavy (non-hydrogen) atoms. The number of piperidine rings is 2. The summed E-state index contributed by atoms with van der Waals surface area (Å²) in [6.45, 7) is 4.58. The summed E-state index contributed by atoms with van der Waals surface area (Å²) in [5.41, 5.74) is 3.63. The average molecular weight is 382 g/mol. The van der Waals surface area contributed by atoms with E-state index >= 15 is 0 Å². The van der Waals surface area contributed by atoms with Gasteiger partial charge >= 0.3 is 0 Å². The monoisotopic (exact) mass is 381 g/mol. The maximum Gasteiger partial charge on any atom is 0.223 e. The van der Waals surface area contributed by atoms with E-state index in [4.69, 9.17) is 0 Å². The van der Waals surface area contributed by atoms with Crippen LogP contribution in [0.25, 0.3) is 10.9 Å². The molecule has 1 amide bonds. The molecule has 2 aliphatic heterocycles. The first-order valence-corrected chi connectivity index (χ1v) is 10.9. The number of aliphatic hydroxyl groups is 1. The van der Waals surface area contributed by atoms with Crippen molar-refractivity contribution >= 4 is 16.8 Å². The molecule has 2 saturated carbocycles. The molecule has 5 heteroatoms. The first-order valence-electron chi connectivity index (χ1n) is 10.9. The fourth-order valence-corrected chi connectivity index (χ4v) is 5.82. The fraction of sp³-hybridized carbons (Fsp3) is 0.652. The highest BCUT2D eigenvalue weighted by atomic mass is 16.3. The van der Waals surface area contributed by atoms with Crippen LogP contribution in [0.3, 0.4) is 0 Å². The molecular weight excluding hydrogens is 350 g/mol. The standard InChI is InChI=1S/C23H31N3O2/c1-3-16-10-23(13-27)11-17(12-23)26(16)20(28)9-14(2)22-21-18(15-7-8-15)5-4-6-19(21)24-25-22/h4-6,14-17,27H,3,7-13H2,1-2H3,(H,24,25). The van der Waals surface area contributed by atoms with Crippen molar-refractivity contribution in [3.8, 4) is 0 Å². The lowest BCUT2D eigenvalue weighted by atomic mass is 9.58. The smallest absolute Gasteiger partial charge is 0.223 e. The van der Waals surface area contributed by atoms with Gasteiger partial charge in [-0.15, -0.1) is 0 Å². The van der Waals surface area contributed by atoms with Gasteiger partial charge in [-0.05, 0) is 61.5 Å². The molecule has 2 atom stereocenters. The molecule has 2 aromatic rings. The van der Waals surface area contributed by atoms with Crippen molar-refractivity contribution in [2.24, 2.45) is 5.41 Å². The second-order valence-electron chi connectivity index (χ2n) is 9.55. The van der Waals surface area contributed by atoms with E-state index in [1.54, 1.807) is 0 Å². The molecule has 2 N–H and O–H groups in total. The number of carbonyl (C=O) groups is 1. The lowest BCUT2D eigenvalue weighted by Gasteiger charge is -2.60. The molecule has 1 aromatic heterocycles. The Balaban J connectivity index is 1.37. The van der Waals surface area contributed by atoms with Gasteiger partial charge in [0.05, 0.1) is 5.52 Å². The maximum absolute atomic E-state index is 13.3. The van der Waals surface area contributed by atoms with Gasteiger partial charge < -0.3 is 10.0 Å². The topological polar surface area (TPSA) is 69.2 Å². The number of carbonyl (C=O) groups excluding carboxylic acids is 1. The molecule has 4 fully saturated rings. The van der Waals surface area contributed by atoms with Crippen LogP contribution >= 0.6 is 0 Å². The third kappa shape index (κ3) is 2.78. The van der Waals surface area contributed by atoms with E-state index in [2.05, 4.69) is 47.1 Å². The Hall–Kier alpha value is -1.88. The maximum atomic E-state index is 13.3. The van der Waals surface area contributed by atoms with Crippen molar-refractivity contribution in [3.63, 3.8) is 0 Å². The number of amides is 1. The number of nitrogens with zero attached hydrogens (tertiary/aromatic N) is 2. The summed E-state index contributed by atoms with van der Waals surface area (Å²) in [5.74, 6) is 1.05. The van der Waals surface area contributed by atoms with Crippen LogP contribution in [0.4, 0.5) is 0 Å². The number of H-pyrrole nitrogens is 1. The minimum Gasteiger partial charge on any atom is -0.396 e. The first-order chi connectivity index (χ1) is 13.5. The van der Waals surface area contributed by atoms with Crippen molar-refractivity contribution in [3.05, 3.63) is 29.5 Å². The zero-order chi connectivity index (χ0) is 19.5. The molecule has 0 spiro atoms. The van der Waals surface area contributed by atoms with Gasteiger partial charge in [-0.25, -0.2) is 0 Å². The third-order valence-corrected chi connectivity index (χ3v) is 7.52. The number of fused-ring (bicyclic) bond motifs is 3. The van der Waals surface area contributed by atoms with Gasteiger partial charge in [0.15, 0.2) is 0 Å². The molecule has 3 heterocycles. The summed E-state index contributed by atoms with van der Waals surface area (Å²) in [6.07, 6.45) is 6.91. The van der Waals surface area contributed by atoms with Crippen LogP contribution in [-0.4, -0.2) is 44.8 Å². The van der Waals surface area contributed by atoms with Crippen LogP contribution in [-0.2, 0) is 4.79 Å². The quantitative estimate of drug-likeness (QED) is 0.792. The highest BCUT2D eigenvalue weighted by Crippen LogP contribution is 2.53. The van der Waals surface area contributed by atoms with Crippen LogP contribution in [0.5, 0.6) is 0 Å². The lowest BCUT2D eigenvalue weighted by molar-refractivity contribution is -0.163. The lowest BCUT2D eigenvalue weighted by Crippen LogP contribution is -2.64. The number of hydrogen-bond acceptors (Lipinski definition) is 3. The highest BCUT2D eigenvalue weighted by molar-refractivity contribution is 5.87. The Labute approximate surface area is 166 Å². The third-order valence-electron chi connectivity index (χ3n) is 7.52. The fourth-order valence-electron chi connectivity index (χ4n) is 5.82.